The average molecular weight is 367 g/mol. The van der Waals surface area contributed by atoms with Crippen LogP contribution in [-0.2, 0) is 5.60 Å². The van der Waals surface area contributed by atoms with Crippen LogP contribution in [0.3, 0.4) is 0 Å². The molecule has 1 amide bonds. The van der Waals surface area contributed by atoms with Gasteiger partial charge in [0, 0.05) is 19.3 Å². The van der Waals surface area contributed by atoms with Crippen molar-refractivity contribution >= 4 is 5.91 Å². The Bertz CT molecular complexity index is 807. The molecule has 0 bridgehead atoms. The van der Waals surface area contributed by atoms with E-state index in [2.05, 4.69) is 9.88 Å². The largest absolute Gasteiger partial charge is 0.506 e. The maximum atomic E-state index is 12.9. The molecule has 4 rings (SSSR count). The third kappa shape index (κ3) is 3.42. The first kappa shape index (κ1) is 17.9. The molecule has 2 N–H and O–H groups in total. The third-order valence-electron chi connectivity index (χ3n) is 5.82. The first-order valence-electron chi connectivity index (χ1n) is 9.53. The fourth-order valence-corrected chi connectivity index (χ4v) is 4.37. The maximum absolute atomic E-state index is 12.9. The molecule has 0 spiro atoms. The Kier molecular flexibility index (Phi) is 4.85. The molecule has 0 saturated carbocycles. The molecular weight excluding hydrogens is 342 g/mol. The van der Waals surface area contributed by atoms with E-state index in [4.69, 9.17) is 0 Å². The zero-order valence-corrected chi connectivity index (χ0v) is 15.3. The zero-order valence-electron chi connectivity index (χ0n) is 15.3. The third-order valence-corrected chi connectivity index (χ3v) is 5.82. The minimum atomic E-state index is -0.973. The highest BCUT2D eigenvalue weighted by molar-refractivity contribution is 5.94. The summed E-state index contributed by atoms with van der Waals surface area (Å²) in [7, 11) is 0. The van der Waals surface area contributed by atoms with E-state index in [0.717, 1.165) is 31.5 Å². The number of piperidine rings is 1. The number of likely N-dealkylation sites (tertiary alicyclic amines) is 2. The second-order valence-electron chi connectivity index (χ2n) is 7.48. The van der Waals surface area contributed by atoms with Crippen molar-refractivity contribution in [2.24, 2.45) is 0 Å². The van der Waals surface area contributed by atoms with Crippen LogP contribution in [0.5, 0.6) is 5.75 Å². The van der Waals surface area contributed by atoms with Crippen LogP contribution in [0.4, 0.5) is 0 Å². The van der Waals surface area contributed by atoms with Crippen molar-refractivity contribution in [3.63, 3.8) is 0 Å². The number of rotatable bonds is 3. The summed E-state index contributed by atoms with van der Waals surface area (Å²) in [6.07, 6.45) is 5.51. The summed E-state index contributed by atoms with van der Waals surface area (Å²) >= 11 is 0. The van der Waals surface area contributed by atoms with Crippen LogP contribution in [-0.4, -0.2) is 63.1 Å². The number of aromatic hydroxyl groups is 1. The summed E-state index contributed by atoms with van der Waals surface area (Å²) in [5, 5.41) is 21.3. The number of carbonyl (C=O) groups is 1. The van der Waals surface area contributed by atoms with Gasteiger partial charge in [0.2, 0.25) is 0 Å². The lowest BCUT2D eigenvalue weighted by atomic mass is 9.79. The summed E-state index contributed by atoms with van der Waals surface area (Å²) in [6.45, 7) is 2.80. The van der Waals surface area contributed by atoms with Gasteiger partial charge in [-0.25, -0.2) is 0 Å². The first-order chi connectivity index (χ1) is 13.1. The lowest BCUT2D eigenvalue weighted by Crippen LogP contribution is -2.61. The SMILES string of the molecule is O=C(c1cncc(O)c1)N1CC[C@](O)(c2ccccc2)[C@H](N2CCCC2)C1. The van der Waals surface area contributed by atoms with Gasteiger partial charge in [-0.1, -0.05) is 30.3 Å². The predicted molar refractivity (Wildman–Crippen MR) is 101 cm³/mol. The van der Waals surface area contributed by atoms with Crippen LogP contribution < -0.4 is 0 Å². The van der Waals surface area contributed by atoms with Gasteiger partial charge in [0.05, 0.1) is 17.8 Å². The molecule has 142 valence electrons. The minimum Gasteiger partial charge on any atom is -0.506 e. The van der Waals surface area contributed by atoms with Gasteiger partial charge in [0.25, 0.3) is 5.91 Å². The van der Waals surface area contributed by atoms with Crippen LogP contribution in [0.25, 0.3) is 0 Å². The molecule has 6 heteroatoms. The average Bonchev–Trinajstić information content (AvgIpc) is 3.23. The van der Waals surface area contributed by atoms with Gasteiger partial charge < -0.3 is 15.1 Å². The Morgan fingerprint density at radius 1 is 1.11 bits per heavy atom. The van der Waals surface area contributed by atoms with Gasteiger partial charge in [0.1, 0.15) is 11.4 Å². The zero-order chi connectivity index (χ0) is 18.9. The summed E-state index contributed by atoms with van der Waals surface area (Å²) in [6, 6.07) is 11.1. The second kappa shape index (κ2) is 7.29. The van der Waals surface area contributed by atoms with E-state index in [1.54, 1.807) is 4.90 Å². The lowest BCUT2D eigenvalue weighted by molar-refractivity contribution is -0.0878. The number of nitrogens with zero attached hydrogens (tertiary/aromatic N) is 3. The van der Waals surface area contributed by atoms with Gasteiger partial charge in [0.15, 0.2) is 0 Å². The number of aliphatic hydroxyl groups is 1. The highest BCUT2D eigenvalue weighted by Gasteiger charge is 2.47. The molecule has 0 aliphatic carbocycles. The summed E-state index contributed by atoms with van der Waals surface area (Å²) in [4.78, 5) is 20.9. The Balaban J connectivity index is 1.62. The lowest BCUT2D eigenvalue weighted by Gasteiger charge is -2.48. The van der Waals surface area contributed by atoms with Gasteiger partial charge >= 0.3 is 0 Å². The van der Waals surface area contributed by atoms with Crippen molar-refractivity contribution in [1.29, 1.82) is 0 Å². The smallest absolute Gasteiger partial charge is 0.255 e. The summed E-state index contributed by atoms with van der Waals surface area (Å²) < 4.78 is 0. The first-order valence-corrected chi connectivity index (χ1v) is 9.53. The number of hydrogen-bond acceptors (Lipinski definition) is 5. The van der Waals surface area contributed by atoms with Crippen molar-refractivity contribution < 1.29 is 15.0 Å². The predicted octanol–water partition coefficient (Wildman–Crippen LogP) is 1.99. The van der Waals surface area contributed by atoms with Crippen molar-refractivity contribution in [2.75, 3.05) is 26.2 Å². The highest BCUT2D eigenvalue weighted by Crippen LogP contribution is 2.37. The van der Waals surface area contributed by atoms with Gasteiger partial charge in [-0.05, 0) is 44.0 Å². The van der Waals surface area contributed by atoms with E-state index < -0.39 is 5.60 Å². The standard InChI is InChI=1S/C21H25N3O3/c25-18-12-16(13-22-14-18)20(26)24-11-8-21(27,17-6-2-1-3-7-17)19(15-24)23-9-4-5-10-23/h1-3,6-7,12-14,19,25,27H,4-5,8-11,15H2/t19-,21+/m1/s1. The van der Waals surface area contributed by atoms with E-state index in [1.807, 2.05) is 30.3 Å². The van der Waals surface area contributed by atoms with Crippen molar-refractivity contribution in [3.8, 4) is 5.75 Å². The Morgan fingerprint density at radius 2 is 1.85 bits per heavy atom. The number of amides is 1. The molecule has 3 heterocycles. The fraction of sp³-hybridized carbons (Fsp3) is 0.429. The van der Waals surface area contributed by atoms with Crippen LogP contribution >= 0.6 is 0 Å². The number of carbonyl (C=O) groups excluding carboxylic acids is 1. The van der Waals surface area contributed by atoms with Gasteiger partial charge in [-0.2, -0.15) is 0 Å². The monoisotopic (exact) mass is 367 g/mol. The molecule has 2 aliphatic heterocycles. The number of benzene rings is 1. The number of pyridine rings is 1. The van der Waals surface area contributed by atoms with Crippen LogP contribution in [0.1, 0.15) is 35.2 Å². The molecule has 0 unspecified atom stereocenters. The molecule has 2 aliphatic rings. The molecule has 0 radical (unpaired) electrons. The Labute approximate surface area is 159 Å². The topological polar surface area (TPSA) is 76.9 Å². The molecule has 2 fully saturated rings. The molecule has 2 aromatic rings. The minimum absolute atomic E-state index is 0.0188. The van der Waals surface area contributed by atoms with Crippen LogP contribution in [0.2, 0.25) is 0 Å². The number of hydrogen-bond donors (Lipinski definition) is 2. The Hall–Kier alpha value is -2.44. The van der Waals surface area contributed by atoms with E-state index in [-0.39, 0.29) is 17.7 Å². The normalized spacial score (nSPS) is 26.3. The van der Waals surface area contributed by atoms with E-state index in [1.165, 1.54) is 18.5 Å². The van der Waals surface area contributed by atoms with Crippen LogP contribution in [0.15, 0.2) is 48.8 Å². The highest BCUT2D eigenvalue weighted by atomic mass is 16.3. The van der Waals surface area contributed by atoms with E-state index in [9.17, 15) is 15.0 Å². The fourth-order valence-electron chi connectivity index (χ4n) is 4.37. The van der Waals surface area contributed by atoms with E-state index >= 15 is 0 Å². The second-order valence-corrected chi connectivity index (χ2v) is 7.48. The van der Waals surface area contributed by atoms with E-state index in [0.29, 0.717) is 25.1 Å². The molecule has 2 saturated heterocycles. The van der Waals surface area contributed by atoms with Crippen molar-refractivity contribution in [2.45, 2.75) is 30.9 Å². The quantitative estimate of drug-likeness (QED) is 0.868. The van der Waals surface area contributed by atoms with Crippen molar-refractivity contribution in [1.82, 2.24) is 14.8 Å². The summed E-state index contributed by atoms with van der Waals surface area (Å²) in [5.74, 6) is -0.174. The summed E-state index contributed by atoms with van der Waals surface area (Å²) in [5.41, 5.74) is 0.313. The molecule has 27 heavy (non-hydrogen) atoms. The molecule has 6 nitrogen and oxygen atoms in total. The maximum Gasteiger partial charge on any atom is 0.255 e. The number of aromatic nitrogens is 1. The van der Waals surface area contributed by atoms with Gasteiger partial charge in [-0.15, -0.1) is 0 Å². The Morgan fingerprint density at radius 3 is 2.56 bits per heavy atom. The van der Waals surface area contributed by atoms with Crippen molar-refractivity contribution in [3.05, 3.63) is 59.9 Å². The molecule has 1 aromatic heterocycles. The van der Waals surface area contributed by atoms with Gasteiger partial charge in [-0.3, -0.25) is 14.7 Å². The van der Waals surface area contributed by atoms with Crippen LogP contribution in [0, 0.1) is 0 Å². The molecule has 2 atom stereocenters. The molecular formula is C21H25N3O3. The molecule has 1 aromatic carbocycles.